The lowest BCUT2D eigenvalue weighted by molar-refractivity contribution is 0.177. The van der Waals surface area contributed by atoms with E-state index in [4.69, 9.17) is 9.60 Å². The predicted octanol–water partition coefficient (Wildman–Crippen LogP) is 1.92. The topological polar surface area (TPSA) is 57.4 Å². The van der Waals surface area contributed by atoms with Crippen LogP contribution in [0.5, 0.6) is 0 Å². The van der Waals surface area contributed by atoms with Gasteiger partial charge in [0.05, 0.1) is 10.2 Å². The van der Waals surface area contributed by atoms with Gasteiger partial charge in [-0.15, -0.1) is 0 Å². The molecule has 2 N–H and O–H groups in total. The molecule has 1 amide bonds. The maximum Gasteiger partial charge on any atom is 0.407 e. The van der Waals surface area contributed by atoms with Crippen LogP contribution in [0.4, 0.5) is 4.79 Å². The minimum absolute atomic E-state index is 0.0336. The highest BCUT2D eigenvalue weighted by Crippen LogP contribution is 2.21. The van der Waals surface area contributed by atoms with Crippen LogP contribution in [0.3, 0.4) is 0 Å². The van der Waals surface area contributed by atoms with Gasteiger partial charge in [-0.2, -0.15) is 0 Å². The van der Waals surface area contributed by atoms with Gasteiger partial charge in [-0.3, -0.25) is 0 Å². The first kappa shape index (κ1) is 7.84. The molecule has 112 valence electrons. The van der Waals surface area contributed by atoms with Crippen LogP contribution in [0.25, 0.3) is 10.9 Å². The summed E-state index contributed by atoms with van der Waals surface area (Å²) < 4.78 is 61.3. The number of carbonyl (C=O) groups excluding carboxylic acids is 1. The first-order chi connectivity index (χ1) is 12.8. The summed E-state index contributed by atoms with van der Waals surface area (Å²) in [6.45, 7) is -4.25. The average Bonchev–Trinajstić information content (AvgIpc) is 3.02. The number of H-pyrrole nitrogens is 1. The minimum Gasteiger partial charge on any atom is -0.447 e. The van der Waals surface area contributed by atoms with Gasteiger partial charge in [0.15, 0.2) is 0 Å². The van der Waals surface area contributed by atoms with E-state index in [0.717, 1.165) is 0 Å². The maximum atomic E-state index is 11.4. The van der Waals surface area contributed by atoms with E-state index in [2.05, 4.69) is 15.0 Å². The van der Waals surface area contributed by atoms with E-state index in [1.54, 1.807) is 20.2 Å². The zero-order valence-electron chi connectivity index (χ0n) is 18.8. The van der Waals surface area contributed by atoms with Crippen molar-refractivity contribution in [3.8, 4) is 0 Å². The van der Waals surface area contributed by atoms with Gasteiger partial charge >= 0.3 is 6.09 Å². The van der Waals surface area contributed by atoms with Crippen molar-refractivity contribution in [2.24, 2.45) is 0 Å². The summed E-state index contributed by atoms with van der Waals surface area (Å²) in [5.74, 6) is 0. The monoisotopic (exact) mass is 294 g/mol. The lowest BCUT2D eigenvalue weighted by Crippen LogP contribution is -2.28. The molecule has 2 aromatic rings. The van der Waals surface area contributed by atoms with Gasteiger partial charge in [-0.25, -0.2) is 4.79 Å². The van der Waals surface area contributed by atoms with Gasteiger partial charge in [0, 0.05) is 29.1 Å². The molecule has 0 saturated carbocycles. The zero-order valence-corrected chi connectivity index (χ0v) is 11.8. The highest BCUT2D eigenvalue weighted by Gasteiger charge is 2.22. The van der Waals surface area contributed by atoms with Crippen molar-refractivity contribution < 1.29 is 19.1 Å². The number of amides is 1. The van der Waals surface area contributed by atoms with Gasteiger partial charge in [-0.1, -0.05) is 6.07 Å². The lowest BCUT2D eigenvalue weighted by atomic mass is 10.0. The van der Waals surface area contributed by atoms with Crippen molar-refractivity contribution in [3.05, 3.63) is 35.5 Å². The Labute approximate surface area is 134 Å². The third-order valence-corrected chi connectivity index (χ3v) is 3.11. The quantitative estimate of drug-likeness (QED) is 0.886. The highest BCUT2D eigenvalue weighted by atomic mass is 16.6. The summed E-state index contributed by atoms with van der Waals surface area (Å²) >= 11 is 0. The number of aromatic nitrogens is 1. The van der Waals surface area contributed by atoms with Crippen molar-refractivity contribution in [2.75, 3.05) is 27.2 Å². The Bertz CT molecular complexity index is 926. The van der Waals surface area contributed by atoms with E-state index in [1.807, 2.05) is 0 Å². The zero-order chi connectivity index (χ0) is 21.1. The van der Waals surface area contributed by atoms with Crippen molar-refractivity contribution in [2.45, 2.75) is 18.8 Å². The number of nitrogens with zero attached hydrogens (tertiary/aromatic N) is 1. The SMILES string of the molecule is [2H]c1[nH]c2ccc(C([2H])([2H])[C@@H]3NC(=O)OC3([2H])[2H])cc2c1CC([2H])([2H])N(C)C. The molecule has 0 bridgehead atoms. The molecule has 0 radical (unpaired) electrons. The van der Waals surface area contributed by atoms with Crippen molar-refractivity contribution in [1.82, 2.24) is 15.2 Å². The number of carbonyl (C=O) groups is 1. The van der Waals surface area contributed by atoms with E-state index in [-0.39, 0.29) is 18.2 Å². The molecule has 1 aromatic heterocycles. The number of benzene rings is 1. The molecule has 3 rings (SSSR count). The molecule has 5 nitrogen and oxygen atoms in total. The number of alkyl carbamates (subject to hydrolysis) is 1. The van der Waals surface area contributed by atoms with Crippen molar-refractivity contribution in [1.29, 1.82) is 0 Å². The van der Waals surface area contributed by atoms with Gasteiger partial charge in [0.2, 0.25) is 0 Å². The Morgan fingerprint density at radius 1 is 1.57 bits per heavy atom. The van der Waals surface area contributed by atoms with Crippen LogP contribution < -0.4 is 5.32 Å². The number of aryl methyl sites for hydroxylation is 1. The van der Waals surface area contributed by atoms with E-state index >= 15 is 0 Å². The molecule has 0 spiro atoms. The van der Waals surface area contributed by atoms with Crippen LogP contribution in [-0.4, -0.2) is 49.2 Å². The summed E-state index contributed by atoms with van der Waals surface area (Å²) in [7, 11) is 3.18. The Balaban J connectivity index is 2.07. The molecule has 1 aromatic carbocycles. The molecule has 1 aliphatic rings. The predicted molar refractivity (Wildman–Crippen MR) is 82.5 cm³/mol. The van der Waals surface area contributed by atoms with Gasteiger partial charge in [0.25, 0.3) is 0 Å². The summed E-state index contributed by atoms with van der Waals surface area (Å²) in [5, 5.41) is 2.66. The molecular formula is C16H21N3O2. The number of aromatic amines is 1. The van der Waals surface area contributed by atoms with Crippen LogP contribution >= 0.6 is 0 Å². The highest BCUT2D eigenvalue weighted by molar-refractivity contribution is 5.84. The van der Waals surface area contributed by atoms with Crippen LogP contribution in [0.1, 0.15) is 20.7 Å². The fourth-order valence-electron chi connectivity index (χ4n) is 2.10. The first-order valence-corrected chi connectivity index (χ1v) is 6.54. The summed E-state index contributed by atoms with van der Waals surface area (Å²) in [6, 6.07) is 2.91. The molecule has 1 saturated heterocycles. The fourth-order valence-corrected chi connectivity index (χ4v) is 2.10. The molecule has 1 aliphatic heterocycles. The second kappa shape index (κ2) is 5.77. The van der Waals surface area contributed by atoms with Gasteiger partial charge in [0.1, 0.15) is 6.56 Å². The largest absolute Gasteiger partial charge is 0.447 e. The third kappa shape index (κ3) is 3.19. The first-order valence-electron chi connectivity index (χ1n) is 10.0. The van der Waals surface area contributed by atoms with Crippen LogP contribution in [0, 0.1) is 0 Å². The molecule has 1 fully saturated rings. The minimum atomic E-state index is -2.53. The second-order valence-corrected chi connectivity index (χ2v) is 4.95. The Morgan fingerprint density at radius 2 is 2.43 bits per heavy atom. The van der Waals surface area contributed by atoms with E-state index in [0.29, 0.717) is 16.5 Å². The maximum absolute atomic E-state index is 11.4. The van der Waals surface area contributed by atoms with E-state index < -0.39 is 31.6 Å². The van der Waals surface area contributed by atoms with Crippen LogP contribution in [-0.2, 0) is 17.5 Å². The lowest BCUT2D eigenvalue weighted by Gasteiger charge is -2.09. The third-order valence-electron chi connectivity index (χ3n) is 3.11. The molecule has 5 heteroatoms. The summed E-state index contributed by atoms with van der Waals surface area (Å²) in [4.78, 5) is 15.7. The number of hydrogen-bond acceptors (Lipinski definition) is 3. The smallest absolute Gasteiger partial charge is 0.407 e. The molecule has 21 heavy (non-hydrogen) atoms. The Kier molecular flexibility index (Phi) is 2.16. The molecular weight excluding hydrogens is 266 g/mol. The average molecular weight is 294 g/mol. The number of rotatable bonds is 5. The van der Waals surface area contributed by atoms with Crippen LogP contribution in [0.15, 0.2) is 24.4 Å². The number of likely N-dealkylation sites (N-methyl/N-ethyl adjacent to an activating group) is 1. The number of nitrogens with one attached hydrogen (secondary N) is 2. The Hall–Kier alpha value is -2.01. The molecule has 1 atom stereocenters. The van der Waals surface area contributed by atoms with E-state index in [1.165, 1.54) is 17.0 Å². The van der Waals surface area contributed by atoms with Crippen LogP contribution in [0.2, 0.25) is 0 Å². The van der Waals surface area contributed by atoms with Crippen molar-refractivity contribution in [3.63, 3.8) is 0 Å². The Morgan fingerprint density at radius 3 is 3.14 bits per heavy atom. The molecule has 0 aliphatic carbocycles. The normalized spacial score (nSPS) is 26.9. The number of ether oxygens (including phenoxy) is 1. The second-order valence-electron chi connectivity index (χ2n) is 4.95. The number of hydrogen-bond donors (Lipinski definition) is 2. The molecule has 0 unspecified atom stereocenters. The van der Waals surface area contributed by atoms with Gasteiger partial charge < -0.3 is 19.9 Å². The van der Waals surface area contributed by atoms with Gasteiger partial charge in [-0.05, 0) is 50.1 Å². The fraction of sp³-hybridized carbons (Fsp3) is 0.438. The van der Waals surface area contributed by atoms with E-state index in [9.17, 15) is 4.79 Å². The number of fused-ring (bicyclic) bond motifs is 1. The summed E-state index contributed by atoms with van der Waals surface area (Å²) in [5.41, 5.74) is 1.02. The molecule has 2 heterocycles. The standard InChI is InChI=1S/C16H21N3O2/c1-19(2)6-5-12-9-17-15-4-3-11(8-14(12)15)7-13-10-21-16(20)18-13/h3-4,8-9,13,17H,5-7,10H2,1-2H3,(H,18,20)/t13-/m0/s1/i6D2,7D2,9D,10D2. The summed E-state index contributed by atoms with van der Waals surface area (Å²) in [6.07, 6.45) is -3.39. The van der Waals surface area contributed by atoms with Crippen molar-refractivity contribution >= 4 is 17.0 Å². The number of cyclic esters (lactones) is 1.